The average molecular weight is 654 g/mol. The summed E-state index contributed by atoms with van der Waals surface area (Å²) >= 11 is 0. The number of carbonyl (C=O) groups is 1. The van der Waals surface area contributed by atoms with Gasteiger partial charge in [-0.15, -0.1) is 0 Å². The van der Waals surface area contributed by atoms with Crippen LogP contribution < -0.4 is 9.64 Å². The molecule has 2 bridgehead atoms. The lowest BCUT2D eigenvalue weighted by Gasteiger charge is -2.55. The average Bonchev–Trinajstić information content (AvgIpc) is 3.60. The smallest absolute Gasteiger partial charge is 0.231 e. The van der Waals surface area contributed by atoms with Gasteiger partial charge >= 0.3 is 0 Å². The minimum atomic E-state index is -0.108. The van der Waals surface area contributed by atoms with Crippen molar-refractivity contribution in [2.24, 2.45) is 11.3 Å². The number of aromatic nitrogens is 3. The van der Waals surface area contributed by atoms with E-state index in [0.29, 0.717) is 12.1 Å². The molecule has 258 valence electrons. The fourth-order valence-electron chi connectivity index (χ4n) is 9.35. The fourth-order valence-corrected chi connectivity index (χ4v) is 9.35. The van der Waals surface area contributed by atoms with Crippen LogP contribution >= 0.6 is 0 Å². The van der Waals surface area contributed by atoms with Gasteiger partial charge in [0.05, 0.1) is 25.5 Å². The van der Waals surface area contributed by atoms with Crippen LogP contribution in [0.15, 0.2) is 48.9 Å². The van der Waals surface area contributed by atoms with Crippen molar-refractivity contribution in [2.75, 3.05) is 31.7 Å². The molecule has 1 aromatic carbocycles. The molecule has 0 unspecified atom stereocenters. The van der Waals surface area contributed by atoms with E-state index in [1.165, 1.54) is 11.1 Å². The topological polar surface area (TPSA) is 83.7 Å². The monoisotopic (exact) mass is 653 g/mol. The van der Waals surface area contributed by atoms with Crippen LogP contribution in [0, 0.1) is 18.3 Å². The molecule has 1 aliphatic heterocycles. The van der Waals surface area contributed by atoms with Gasteiger partial charge in [-0.05, 0) is 144 Å². The van der Waals surface area contributed by atoms with Gasteiger partial charge in [0.25, 0.3) is 0 Å². The summed E-state index contributed by atoms with van der Waals surface area (Å²) in [5.41, 5.74) is 4.97. The van der Waals surface area contributed by atoms with Crippen LogP contribution in [-0.2, 0) is 15.7 Å². The number of likely N-dealkylation sites (tertiary alicyclic amines) is 1. The minimum Gasteiger partial charge on any atom is -0.496 e. The van der Waals surface area contributed by atoms with E-state index in [-0.39, 0.29) is 34.8 Å². The maximum Gasteiger partial charge on any atom is 0.231 e. The van der Waals surface area contributed by atoms with Crippen molar-refractivity contribution < 1.29 is 14.6 Å². The number of carbonyl (C=O) groups excluding carboxylic acids is 1. The number of hydrogen-bond donors (Lipinski definition) is 1. The Morgan fingerprint density at radius 1 is 1.00 bits per heavy atom. The number of hydrogen-bond acceptors (Lipinski definition) is 6. The van der Waals surface area contributed by atoms with Crippen LogP contribution in [0.3, 0.4) is 0 Å². The molecule has 48 heavy (non-hydrogen) atoms. The number of aliphatic hydroxyl groups excluding tert-OH is 1. The van der Waals surface area contributed by atoms with E-state index in [2.05, 4.69) is 73.1 Å². The zero-order valence-corrected chi connectivity index (χ0v) is 29.8. The molecule has 4 aliphatic carbocycles. The second-order valence-electron chi connectivity index (χ2n) is 16.5. The number of methoxy groups -OCH3 is 1. The van der Waals surface area contributed by atoms with Crippen molar-refractivity contribution in [3.05, 3.63) is 60.0 Å². The Kier molecular flexibility index (Phi) is 8.95. The summed E-state index contributed by atoms with van der Waals surface area (Å²) in [7, 11) is 1.75. The first-order valence-electron chi connectivity index (χ1n) is 18.4. The number of anilines is 1. The lowest BCUT2D eigenvalue weighted by atomic mass is 9.51. The first kappa shape index (κ1) is 33.3. The summed E-state index contributed by atoms with van der Waals surface area (Å²) in [6.45, 7) is 10.7. The number of fused-ring (bicyclic) bond motifs is 3. The van der Waals surface area contributed by atoms with E-state index in [0.717, 1.165) is 106 Å². The van der Waals surface area contributed by atoms with Crippen LogP contribution in [0.25, 0.3) is 11.1 Å². The van der Waals surface area contributed by atoms with Gasteiger partial charge in [-0.1, -0.05) is 12.1 Å². The third-order valence-corrected chi connectivity index (χ3v) is 12.7. The summed E-state index contributed by atoms with van der Waals surface area (Å²) in [6.07, 6.45) is 17.7. The fraction of sp³-hybridized carbons (Fsp3) is 0.625. The van der Waals surface area contributed by atoms with Crippen molar-refractivity contribution in [2.45, 2.75) is 121 Å². The van der Waals surface area contributed by atoms with Crippen LogP contribution in [0.5, 0.6) is 5.75 Å². The highest BCUT2D eigenvalue weighted by molar-refractivity contribution is 5.95. The molecular formula is C40H55N5O3. The molecule has 5 fully saturated rings. The molecule has 5 aliphatic rings. The lowest BCUT2D eigenvalue weighted by molar-refractivity contribution is -0.125. The predicted octanol–water partition coefficient (Wildman–Crippen LogP) is 7.27. The Labute approximate surface area is 286 Å². The van der Waals surface area contributed by atoms with Gasteiger partial charge < -0.3 is 9.84 Å². The summed E-state index contributed by atoms with van der Waals surface area (Å²) in [5, 5.41) is 14.4. The van der Waals surface area contributed by atoms with Crippen LogP contribution in [-0.4, -0.2) is 69.6 Å². The Balaban J connectivity index is 1.13. The Bertz CT molecular complexity index is 1590. The molecule has 3 heterocycles. The number of aryl methyl sites for hydroxylation is 1. The molecule has 1 atom stereocenters. The molecule has 0 radical (unpaired) electrons. The van der Waals surface area contributed by atoms with Crippen LogP contribution in [0.4, 0.5) is 5.82 Å². The van der Waals surface area contributed by atoms with Gasteiger partial charge in [-0.3, -0.25) is 19.3 Å². The van der Waals surface area contributed by atoms with Gasteiger partial charge in [0.2, 0.25) is 5.91 Å². The number of rotatable bonds is 9. The van der Waals surface area contributed by atoms with Gasteiger partial charge in [0.15, 0.2) is 0 Å². The lowest BCUT2D eigenvalue weighted by Crippen LogP contribution is -2.56. The van der Waals surface area contributed by atoms with Gasteiger partial charge in [0, 0.05) is 49.0 Å². The third-order valence-electron chi connectivity index (χ3n) is 12.7. The number of nitrogens with zero attached hydrogens (tertiary/aromatic N) is 5. The van der Waals surface area contributed by atoms with Crippen molar-refractivity contribution in [1.82, 2.24) is 19.7 Å². The maximum absolute atomic E-state index is 14.7. The van der Waals surface area contributed by atoms with E-state index >= 15 is 0 Å². The largest absolute Gasteiger partial charge is 0.496 e. The number of amides is 1. The van der Waals surface area contributed by atoms with Crippen molar-refractivity contribution in [3.8, 4) is 16.9 Å². The standard InChI is InChI=1S/C40H55N5O3/c1-28-22-32(8-11-35(28)48-5)40-17-14-39(15-18-40,16-19-40)27-44(37(47)29-6-9-33(10-7-29)43-21-13-34(43)26-46)36-23-30(12-20-41-36)31-24-42-45(25-31)38(2,3)4/h8,11-12,20,22-25,29,33-34,46H,6-7,9-10,13-19,21,26-27H2,1-5H3/t29?,33?,34-,39?,40?/m0/s1. The molecule has 8 rings (SSSR count). The highest BCUT2D eigenvalue weighted by Gasteiger charge is 2.51. The highest BCUT2D eigenvalue weighted by Crippen LogP contribution is 2.58. The van der Waals surface area contributed by atoms with E-state index in [1.807, 2.05) is 23.1 Å². The Hall–Kier alpha value is -3.23. The molecule has 1 saturated heterocycles. The first-order valence-corrected chi connectivity index (χ1v) is 18.4. The Morgan fingerprint density at radius 2 is 1.73 bits per heavy atom. The molecule has 1 N–H and O–H groups in total. The maximum atomic E-state index is 14.7. The molecule has 8 heteroatoms. The quantitative estimate of drug-likeness (QED) is 0.262. The number of pyridine rings is 1. The third kappa shape index (κ3) is 6.19. The summed E-state index contributed by atoms with van der Waals surface area (Å²) < 4.78 is 7.57. The van der Waals surface area contributed by atoms with Crippen molar-refractivity contribution in [3.63, 3.8) is 0 Å². The van der Waals surface area contributed by atoms with Gasteiger partial charge in [0.1, 0.15) is 11.6 Å². The first-order chi connectivity index (χ1) is 23.0. The van der Waals surface area contributed by atoms with E-state index in [9.17, 15) is 9.90 Å². The zero-order chi connectivity index (χ0) is 33.7. The van der Waals surface area contributed by atoms with E-state index in [1.54, 1.807) is 7.11 Å². The predicted molar refractivity (Wildman–Crippen MR) is 190 cm³/mol. The van der Waals surface area contributed by atoms with Gasteiger partial charge in [-0.25, -0.2) is 4.98 Å². The molecule has 8 nitrogen and oxygen atoms in total. The molecule has 0 spiro atoms. The molecule has 3 aromatic rings. The minimum absolute atomic E-state index is 0.00847. The summed E-state index contributed by atoms with van der Waals surface area (Å²) in [4.78, 5) is 24.1. The molecule has 1 amide bonds. The van der Waals surface area contributed by atoms with E-state index < -0.39 is 0 Å². The van der Waals surface area contributed by atoms with Gasteiger partial charge in [-0.2, -0.15) is 5.10 Å². The second-order valence-corrected chi connectivity index (χ2v) is 16.5. The highest BCUT2D eigenvalue weighted by atomic mass is 16.5. The van der Waals surface area contributed by atoms with Crippen molar-refractivity contribution >= 4 is 11.7 Å². The summed E-state index contributed by atoms with van der Waals surface area (Å²) in [6, 6.07) is 11.7. The zero-order valence-electron chi connectivity index (χ0n) is 29.8. The SMILES string of the molecule is COc1ccc(C23CCC(CN(C(=O)C4CCC(N5CC[C@H]5CO)CC4)c4cc(-c5cnn(C(C)(C)C)c5)ccn4)(CC2)CC3)cc1C. The number of benzene rings is 1. The second kappa shape index (κ2) is 12.9. The number of aliphatic hydroxyl groups is 1. The summed E-state index contributed by atoms with van der Waals surface area (Å²) in [5.74, 6) is 1.98. The molecule has 4 saturated carbocycles. The molecular weight excluding hydrogens is 598 g/mol. The molecule has 2 aromatic heterocycles. The van der Waals surface area contributed by atoms with Crippen LogP contribution in [0.1, 0.15) is 103 Å². The van der Waals surface area contributed by atoms with Crippen LogP contribution in [0.2, 0.25) is 0 Å². The number of ether oxygens (including phenoxy) is 1. The Morgan fingerprint density at radius 3 is 2.31 bits per heavy atom. The van der Waals surface area contributed by atoms with Crippen molar-refractivity contribution in [1.29, 1.82) is 0 Å². The normalized spacial score (nSPS) is 29.0. The van der Waals surface area contributed by atoms with E-state index in [4.69, 9.17) is 9.72 Å².